The number of amides is 2. The number of carbonyl (C=O) groups excluding carboxylic acids is 1. The lowest BCUT2D eigenvalue weighted by atomic mass is 10.1. The Morgan fingerprint density at radius 2 is 2.07 bits per heavy atom. The molecule has 0 bridgehead atoms. The molecule has 0 atom stereocenters. The Balaban J connectivity index is 1.36. The first-order chi connectivity index (χ1) is 14.0. The molecule has 2 amide bonds. The largest absolute Gasteiger partial charge is 0.331 e. The van der Waals surface area contributed by atoms with Gasteiger partial charge in [0.2, 0.25) is 5.95 Å². The molecule has 5 rings (SSSR count). The summed E-state index contributed by atoms with van der Waals surface area (Å²) in [4.78, 5) is 27.7. The number of hydrogen-bond donors (Lipinski definition) is 1. The highest BCUT2D eigenvalue weighted by Gasteiger charge is 2.22. The molecule has 0 spiro atoms. The Labute approximate surface area is 170 Å². The molecule has 3 aromatic heterocycles. The summed E-state index contributed by atoms with van der Waals surface area (Å²) in [6, 6.07) is 5.63. The zero-order valence-corrected chi connectivity index (χ0v) is 16.8. The third-order valence-electron chi connectivity index (χ3n) is 4.78. The maximum absolute atomic E-state index is 12.7. The fourth-order valence-electron chi connectivity index (χ4n) is 3.37. The van der Waals surface area contributed by atoms with E-state index < -0.39 is 0 Å². The third kappa shape index (κ3) is 3.42. The molecule has 1 N–H and O–H groups in total. The number of aryl methyl sites for hydroxylation is 2. The van der Waals surface area contributed by atoms with Crippen LogP contribution in [0.5, 0.6) is 0 Å². The highest BCUT2D eigenvalue weighted by Crippen LogP contribution is 2.26. The lowest BCUT2D eigenvalue weighted by molar-refractivity contribution is 0.195. The molecule has 29 heavy (non-hydrogen) atoms. The van der Waals surface area contributed by atoms with Crippen LogP contribution in [0.4, 0.5) is 10.7 Å². The summed E-state index contributed by atoms with van der Waals surface area (Å²) < 4.78 is 2.09. The highest BCUT2D eigenvalue weighted by atomic mass is 32.1. The summed E-state index contributed by atoms with van der Waals surface area (Å²) in [5.74, 6) is 1.17. The molecular weight excluding hydrogens is 388 g/mol. The fourth-order valence-corrected chi connectivity index (χ4v) is 4.06. The number of imidazole rings is 1. The molecule has 0 saturated carbocycles. The minimum Gasteiger partial charge on any atom is -0.331 e. The van der Waals surface area contributed by atoms with Crippen molar-refractivity contribution in [3.63, 3.8) is 0 Å². The maximum atomic E-state index is 12.7. The van der Waals surface area contributed by atoms with E-state index in [0.29, 0.717) is 13.1 Å². The van der Waals surface area contributed by atoms with Crippen molar-refractivity contribution < 1.29 is 4.79 Å². The van der Waals surface area contributed by atoms with Gasteiger partial charge in [0.1, 0.15) is 15.8 Å². The number of hydrogen-bond acceptors (Lipinski definition) is 7. The predicted molar refractivity (Wildman–Crippen MR) is 110 cm³/mol. The summed E-state index contributed by atoms with van der Waals surface area (Å²) in [5.41, 5.74) is 2.64. The number of aromatic nitrogens is 6. The number of urea groups is 1. The van der Waals surface area contributed by atoms with E-state index in [2.05, 4.69) is 35.0 Å². The molecule has 1 aliphatic heterocycles. The predicted octanol–water partition coefficient (Wildman–Crippen LogP) is 3.01. The average molecular weight is 406 g/mol. The molecule has 10 heteroatoms. The number of benzene rings is 1. The Morgan fingerprint density at radius 3 is 2.90 bits per heavy atom. The monoisotopic (exact) mass is 406 g/mol. The molecule has 1 aromatic carbocycles. The van der Waals surface area contributed by atoms with Crippen molar-refractivity contribution >= 4 is 34.2 Å². The van der Waals surface area contributed by atoms with E-state index in [1.165, 1.54) is 11.3 Å². The van der Waals surface area contributed by atoms with Gasteiger partial charge in [-0.3, -0.25) is 5.32 Å². The van der Waals surface area contributed by atoms with Crippen LogP contribution in [0.15, 0.2) is 30.6 Å². The molecule has 0 unspecified atom stereocenters. The fraction of sp³-hybridized carbons (Fsp3) is 0.263. The highest BCUT2D eigenvalue weighted by molar-refractivity contribution is 7.14. The average Bonchev–Trinajstić information content (AvgIpc) is 3.31. The summed E-state index contributed by atoms with van der Waals surface area (Å²) in [7, 11) is 0. The van der Waals surface area contributed by atoms with E-state index in [1.54, 1.807) is 11.1 Å². The molecular formula is C19H18N8OS. The van der Waals surface area contributed by atoms with Gasteiger partial charge in [0.05, 0.1) is 17.8 Å². The van der Waals surface area contributed by atoms with Gasteiger partial charge in [-0.25, -0.2) is 19.7 Å². The Kier molecular flexibility index (Phi) is 4.20. The van der Waals surface area contributed by atoms with E-state index in [0.717, 1.165) is 44.5 Å². The van der Waals surface area contributed by atoms with Crippen molar-refractivity contribution in [1.82, 2.24) is 34.6 Å². The summed E-state index contributed by atoms with van der Waals surface area (Å²) in [5, 5.41) is 13.7. The van der Waals surface area contributed by atoms with E-state index in [-0.39, 0.29) is 12.0 Å². The number of fused-ring (bicyclic) bond motifs is 2. The quantitative estimate of drug-likeness (QED) is 0.549. The van der Waals surface area contributed by atoms with Crippen LogP contribution in [0.3, 0.4) is 0 Å². The molecule has 0 radical (unpaired) electrons. The van der Waals surface area contributed by atoms with Gasteiger partial charge in [0, 0.05) is 36.4 Å². The van der Waals surface area contributed by atoms with Gasteiger partial charge < -0.3 is 9.47 Å². The second-order valence-electron chi connectivity index (χ2n) is 6.94. The zero-order valence-electron chi connectivity index (χ0n) is 16.0. The van der Waals surface area contributed by atoms with E-state index >= 15 is 0 Å². The molecule has 0 aliphatic carbocycles. The van der Waals surface area contributed by atoms with Crippen LogP contribution in [0, 0.1) is 13.8 Å². The summed E-state index contributed by atoms with van der Waals surface area (Å²) in [6.07, 6.45) is 3.72. The molecule has 4 aromatic rings. The third-order valence-corrected chi connectivity index (χ3v) is 5.67. The number of nitrogens with zero attached hydrogens (tertiary/aromatic N) is 7. The number of anilines is 1. The first-order valence-corrected chi connectivity index (χ1v) is 10.0. The van der Waals surface area contributed by atoms with Gasteiger partial charge >= 0.3 is 6.03 Å². The van der Waals surface area contributed by atoms with Crippen molar-refractivity contribution in [3.05, 3.63) is 47.1 Å². The van der Waals surface area contributed by atoms with Gasteiger partial charge in [-0.15, -0.1) is 10.2 Å². The summed E-state index contributed by atoms with van der Waals surface area (Å²) >= 11 is 1.53. The minimum absolute atomic E-state index is 0.229. The van der Waals surface area contributed by atoms with Gasteiger partial charge in [0.15, 0.2) is 0 Å². The smallest absolute Gasteiger partial charge is 0.324 e. The van der Waals surface area contributed by atoms with Gasteiger partial charge in [0.25, 0.3) is 0 Å². The van der Waals surface area contributed by atoms with Crippen molar-refractivity contribution in [2.24, 2.45) is 0 Å². The molecule has 1 aliphatic rings. The second kappa shape index (κ2) is 6.89. The zero-order chi connectivity index (χ0) is 20.0. The van der Waals surface area contributed by atoms with Crippen LogP contribution in [-0.4, -0.2) is 47.2 Å². The van der Waals surface area contributed by atoms with E-state index in [4.69, 9.17) is 0 Å². The molecule has 0 saturated heterocycles. The number of carbonyl (C=O) groups is 1. The molecule has 146 valence electrons. The first-order valence-electron chi connectivity index (χ1n) is 9.21. The van der Waals surface area contributed by atoms with Crippen LogP contribution >= 0.6 is 11.3 Å². The normalized spacial score (nSPS) is 13.5. The molecule has 0 fully saturated rings. The Morgan fingerprint density at radius 1 is 1.17 bits per heavy atom. The molecule has 9 nitrogen and oxygen atoms in total. The van der Waals surface area contributed by atoms with Crippen LogP contribution in [0.25, 0.3) is 21.5 Å². The Hall–Kier alpha value is -3.40. The van der Waals surface area contributed by atoms with E-state index in [9.17, 15) is 4.79 Å². The van der Waals surface area contributed by atoms with E-state index in [1.807, 2.05) is 38.2 Å². The number of rotatable bonds is 2. The van der Waals surface area contributed by atoms with Crippen molar-refractivity contribution in [2.45, 2.75) is 26.9 Å². The first kappa shape index (κ1) is 17.7. The van der Waals surface area contributed by atoms with Crippen LogP contribution in [-0.2, 0) is 13.1 Å². The second-order valence-corrected chi connectivity index (χ2v) is 8.12. The number of nitrogens with one attached hydrogen (secondary N) is 1. The van der Waals surface area contributed by atoms with Crippen LogP contribution in [0.1, 0.15) is 16.5 Å². The minimum atomic E-state index is -0.229. The Bertz CT molecular complexity index is 1230. The van der Waals surface area contributed by atoms with Gasteiger partial charge in [-0.2, -0.15) is 0 Å². The van der Waals surface area contributed by atoms with Crippen molar-refractivity contribution in [2.75, 3.05) is 11.9 Å². The lowest BCUT2D eigenvalue weighted by Gasteiger charge is -2.27. The molecule has 4 heterocycles. The van der Waals surface area contributed by atoms with Crippen LogP contribution in [0.2, 0.25) is 0 Å². The van der Waals surface area contributed by atoms with Gasteiger partial charge in [-0.05, 0) is 19.9 Å². The standard InChI is InChI=1S/C19H18N8OS/c1-11-9-26-5-6-27(10-16(26)21-11)19(28)23-18-20-8-14-4-3-13(7-15(14)22-18)17-25-24-12(2)29-17/h3-4,7-9H,5-6,10H2,1-2H3,(H,20,22,23,28). The maximum Gasteiger partial charge on any atom is 0.324 e. The lowest BCUT2D eigenvalue weighted by Crippen LogP contribution is -2.41. The van der Waals surface area contributed by atoms with Crippen molar-refractivity contribution in [3.8, 4) is 10.6 Å². The summed E-state index contributed by atoms with van der Waals surface area (Å²) in [6.45, 7) is 5.69. The van der Waals surface area contributed by atoms with Crippen molar-refractivity contribution in [1.29, 1.82) is 0 Å². The van der Waals surface area contributed by atoms with Gasteiger partial charge in [-0.1, -0.05) is 23.5 Å². The SMILES string of the molecule is Cc1cn2c(n1)CN(C(=O)Nc1ncc3ccc(-c4nnc(C)s4)cc3n1)CC2. The topological polar surface area (TPSA) is 102 Å². The van der Waals surface area contributed by atoms with Crippen LogP contribution < -0.4 is 5.32 Å².